The number of halogens is 1. The highest BCUT2D eigenvalue weighted by Crippen LogP contribution is 2.41. The first-order valence-electron chi connectivity index (χ1n) is 11.9. The van der Waals surface area contributed by atoms with E-state index in [2.05, 4.69) is 30.4 Å². The fourth-order valence-corrected chi connectivity index (χ4v) is 4.85. The van der Waals surface area contributed by atoms with Crippen molar-refractivity contribution in [2.75, 3.05) is 0 Å². The van der Waals surface area contributed by atoms with Crippen molar-refractivity contribution in [3.05, 3.63) is 112 Å². The van der Waals surface area contributed by atoms with Gasteiger partial charge in [0.25, 0.3) is 5.91 Å². The maximum atomic E-state index is 12.9. The van der Waals surface area contributed by atoms with Crippen LogP contribution in [-0.4, -0.2) is 11.6 Å². The highest BCUT2D eigenvalue weighted by Gasteiger charge is 2.20. The van der Waals surface area contributed by atoms with Gasteiger partial charge in [0, 0.05) is 32.5 Å². The molecule has 1 heterocycles. The molecule has 1 aliphatic rings. The Morgan fingerprint density at radius 1 is 1.03 bits per heavy atom. The Morgan fingerprint density at radius 2 is 1.83 bits per heavy atom. The molecule has 35 heavy (non-hydrogen) atoms. The van der Waals surface area contributed by atoms with Crippen LogP contribution in [-0.2, 0) is 6.54 Å². The first kappa shape index (κ1) is 26.5. The van der Waals surface area contributed by atoms with Crippen LogP contribution >= 0.6 is 23.4 Å². The zero-order valence-electron chi connectivity index (χ0n) is 20.6. The van der Waals surface area contributed by atoms with Crippen molar-refractivity contribution in [3.63, 3.8) is 0 Å². The second-order valence-electron chi connectivity index (χ2n) is 7.62. The van der Waals surface area contributed by atoms with Crippen LogP contribution in [0.1, 0.15) is 55.6 Å². The molecular weight excluding hydrogens is 472 g/mol. The van der Waals surface area contributed by atoms with Crippen molar-refractivity contribution in [2.45, 2.75) is 50.5 Å². The SMILES string of the molecule is C/C=C\C=C(/CC)C1=Nc2cc(C(=O)NCc3cccc(Cl)c3)ccc2Sc2ccccc21.CC. The maximum Gasteiger partial charge on any atom is 0.251 e. The van der Waals surface area contributed by atoms with Gasteiger partial charge >= 0.3 is 0 Å². The summed E-state index contributed by atoms with van der Waals surface area (Å²) in [6.45, 7) is 8.56. The van der Waals surface area contributed by atoms with Gasteiger partial charge in [-0.3, -0.25) is 4.79 Å². The first-order chi connectivity index (χ1) is 17.1. The molecule has 0 radical (unpaired) electrons. The van der Waals surface area contributed by atoms with Gasteiger partial charge < -0.3 is 5.32 Å². The van der Waals surface area contributed by atoms with Crippen molar-refractivity contribution < 1.29 is 4.79 Å². The number of carbonyl (C=O) groups excluding carboxylic acids is 1. The van der Waals surface area contributed by atoms with Gasteiger partial charge in [-0.2, -0.15) is 0 Å². The maximum absolute atomic E-state index is 12.9. The number of amides is 1. The molecular formula is C30H31ClN2OS. The Bertz CT molecular complexity index is 1280. The molecule has 3 aromatic rings. The average molecular weight is 503 g/mol. The molecule has 0 saturated carbocycles. The summed E-state index contributed by atoms with van der Waals surface area (Å²) in [6.07, 6.45) is 7.04. The lowest BCUT2D eigenvalue weighted by atomic mass is 9.99. The van der Waals surface area contributed by atoms with E-state index in [0.29, 0.717) is 17.1 Å². The van der Waals surface area contributed by atoms with E-state index in [0.717, 1.165) is 44.3 Å². The fraction of sp³-hybridized carbons (Fsp3) is 0.200. The van der Waals surface area contributed by atoms with Gasteiger partial charge in [-0.25, -0.2) is 4.99 Å². The zero-order chi connectivity index (χ0) is 25.2. The van der Waals surface area contributed by atoms with Crippen molar-refractivity contribution in [2.24, 2.45) is 4.99 Å². The van der Waals surface area contributed by atoms with E-state index in [1.54, 1.807) is 11.8 Å². The number of rotatable bonds is 6. The van der Waals surface area contributed by atoms with Gasteiger partial charge in [0.05, 0.1) is 11.4 Å². The van der Waals surface area contributed by atoms with Crippen LogP contribution in [0, 0.1) is 0 Å². The summed E-state index contributed by atoms with van der Waals surface area (Å²) in [4.78, 5) is 20.2. The van der Waals surface area contributed by atoms with Crippen LogP contribution in [0.25, 0.3) is 0 Å². The topological polar surface area (TPSA) is 41.5 Å². The van der Waals surface area contributed by atoms with Crippen molar-refractivity contribution in [3.8, 4) is 0 Å². The molecule has 3 nitrogen and oxygen atoms in total. The van der Waals surface area contributed by atoms with E-state index in [-0.39, 0.29) is 5.91 Å². The molecule has 3 aromatic carbocycles. The van der Waals surface area contributed by atoms with Crippen LogP contribution in [0.2, 0.25) is 5.02 Å². The molecule has 1 N–H and O–H groups in total. The van der Waals surface area contributed by atoms with Crippen LogP contribution in [0.3, 0.4) is 0 Å². The molecule has 0 spiro atoms. The molecule has 4 rings (SSSR count). The molecule has 1 aliphatic heterocycles. The van der Waals surface area contributed by atoms with E-state index in [1.807, 2.05) is 87.5 Å². The lowest BCUT2D eigenvalue weighted by molar-refractivity contribution is 0.0951. The first-order valence-corrected chi connectivity index (χ1v) is 13.1. The minimum atomic E-state index is -0.138. The van der Waals surface area contributed by atoms with Gasteiger partial charge in [-0.05, 0) is 60.9 Å². The summed E-state index contributed by atoms with van der Waals surface area (Å²) in [7, 11) is 0. The molecule has 0 unspecified atom stereocenters. The molecule has 0 bridgehead atoms. The Kier molecular flexibility index (Phi) is 9.95. The highest BCUT2D eigenvalue weighted by atomic mass is 35.5. The summed E-state index contributed by atoms with van der Waals surface area (Å²) in [5, 5.41) is 3.64. The summed E-state index contributed by atoms with van der Waals surface area (Å²) >= 11 is 7.74. The predicted molar refractivity (Wildman–Crippen MR) is 150 cm³/mol. The Labute approximate surface area is 218 Å². The van der Waals surface area contributed by atoms with Gasteiger partial charge in [-0.1, -0.05) is 92.7 Å². The van der Waals surface area contributed by atoms with Gasteiger partial charge in [0.1, 0.15) is 0 Å². The van der Waals surface area contributed by atoms with Crippen LogP contribution in [0.5, 0.6) is 0 Å². The molecule has 0 saturated heterocycles. The summed E-state index contributed by atoms with van der Waals surface area (Å²) in [6, 6.07) is 21.6. The van der Waals surface area contributed by atoms with Crippen molar-refractivity contribution >= 4 is 40.7 Å². The van der Waals surface area contributed by atoms with Crippen molar-refractivity contribution in [1.82, 2.24) is 5.32 Å². The number of nitrogens with one attached hydrogen (secondary N) is 1. The Hall–Kier alpha value is -3.08. The number of hydrogen-bond acceptors (Lipinski definition) is 3. The number of nitrogens with zero attached hydrogens (tertiary/aromatic N) is 1. The second kappa shape index (κ2) is 13.1. The van der Waals surface area contributed by atoms with Gasteiger partial charge in [0.15, 0.2) is 0 Å². The third-order valence-electron chi connectivity index (χ3n) is 5.33. The second-order valence-corrected chi connectivity index (χ2v) is 9.15. The number of allylic oxidation sites excluding steroid dienone is 4. The molecule has 0 aliphatic carbocycles. The molecule has 1 amide bonds. The number of hydrogen-bond donors (Lipinski definition) is 1. The zero-order valence-corrected chi connectivity index (χ0v) is 22.2. The van der Waals surface area contributed by atoms with Crippen LogP contribution in [0.15, 0.2) is 105 Å². The van der Waals surface area contributed by atoms with Gasteiger partial charge in [-0.15, -0.1) is 0 Å². The molecule has 0 aromatic heterocycles. The smallest absolute Gasteiger partial charge is 0.251 e. The number of benzene rings is 3. The highest BCUT2D eigenvalue weighted by molar-refractivity contribution is 7.99. The third kappa shape index (κ3) is 6.74. The molecule has 5 heteroatoms. The minimum absolute atomic E-state index is 0.138. The molecule has 180 valence electrons. The van der Waals surface area contributed by atoms with E-state index in [4.69, 9.17) is 16.6 Å². The van der Waals surface area contributed by atoms with Crippen LogP contribution < -0.4 is 5.32 Å². The fourth-order valence-electron chi connectivity index (χ4n) is 3.64. The van der Waals surface area contributed by atoms with E-state index >= 15 is 0 Å². The number of fused-ring (bicyclic) bond motifs is 2. The third-order valence-corrected chi connectivity index (χ3v) is 6.71. The van der Waals surface area contributed by atoms with Gasteiger partial charge in [0.2, 0.25) is 0 Å². The van der Waals surface area contributed by atoms with Crippen LogP contribution in [0.4, 0.5) is 5.69 Å². The quantitative estimate of drug-likeness (QED) is 0.342. The lowest BCUT2D eigenvalue weighted by Gasteiger charge is -2.11. The Balaban J connectivity index is 0.00000167. The largest absolute Gasteiger partial charge is 0.348 e. The monoisotopic (exact) mass is 502 g/mol. The normalized spacial score (nSPS) is 12.6. The predicted octanol–water partition coefficient (Wildman–Crippen LogP) is 8.79. The Morgan fingerprint density at radius 3 is 2.57 bits per heavy atom. The van der Waals surface area contributed by atoms with E-state index < -0.39 is 0 Å². The minimum Gasteiger partial charge on any atom is -0.348 e. The number of carbonyl (C=O) groups is 1. The van der Waals surface area contributed by atoms with E-state index in [9.17, 15) is 4.79 Å². The van der Waals surface area contributed by atoms with E-state index in [1.165, 1.54) is 0 Å². The summed E-state index contributed by atoms with van der Waals surface area (Å²) < 4.78 is 0. The molecule has 0 atom stereocenters. The van der Waals surface area contributed by atoms with Crippen molar-refractivity contribution in [1.29, 1.82) is 0 Å². The summed E-state index contributed by atoms with van der Waals surface area (Å²) in [5.41, 5.74) is 5.57. The molecule has 0 fully saturated rings. The number of aliphatic imine (C=N–C) groups is 1. The summed E-state index contributed by atoms with van der Waals surface area (Å²) in [5.74, 6) is -0.138. The standard InChI is InChI=1S/C28H25ClN2OS.C2H6/c1-3-5-10-20(4-2)27-23-12-6-7-13-25(23)33-26-15-14-21(17-24(26)31-27)28(32)30-18-19-9-8-11-22(29)16-19;1-2/h3,5-17H,4,18H2,1-2H3,(H,30,32);1-2H3/b5-3-,20-10+;. The average Bonchev–Trinajstić information content (AvgIpc) is 3.05. The lowest BCUT2D eigenvalue weighted by Crippen LogP contribution is -2.22.